The Morgan fingerprint density at radius 2 is 1.79 bits per heavy atom. The quantitative estimate of drug-likeness (QED) is 0.609. The summed E-state index contributed by atoms with van der Waals surface area (Å²) >= 11 is 0. The Bertz CT molecular complexity index is 197. The van der Waals surface area contributed by atoms with Crippen LogP contribution in [-0.4, -0.2) is 30.6 Å². The van der Waals surface area contributed by atoms with E-state index in [1.165, 1.54) is 0 Å². The Balaban J connectivity index is 3.71. The van der Waals surface area contributed by atoms with Crippen molar-refractivity contribution in [2.75, 3.05) is 19.6 Å². The van der Waals surface area contributed by atoms with Gasteiger partial charge in [0, 0.05) is 12.6 Å². The molecular formula is C10H18N4. The zero-order valence-electron chi connectivity index (χ0n) is 8.74. The van der Waals surface area contributed by atoms with Gasteiger partial charge in [-0.3, -0.25) is 4.90 Å². The molecule has 2 N–H and O–H groups in total. The predicted molar refractivity (Wildman–Crippen MR) is 55.2 cm³/mol. The third-order valence-corrected chi connectivity index (χ3v) is 2.06. The van der Waals surface area contributed by atoms with Gasteiger partial charge in [-0.25, -0.2) is 0 Å². The number of rotatable bonds is 7. The van der Waals surface area contributed by atoms with Crippen LogP contribution in [-0.2, 0) is 0 Å². The first-order valence-electron chi connectivity index (χ1n) is 4.96. The topological polar surface area (TPSA) is 76.8 Å². The van der Waals surface area contributed by atoms with Crippen LogP contribution in [0.15, 0.2) is 0 Å². The van der Waals surface area contributed by atoms with E-state index in [1.54, 1.807) is 0 Å². The van der Waals surface area contributed by atoms with Crippen molar-refractivity contribution >= 4 is 0 Å². The zero-order valence-corrected chi connectivity index (χ0v) is 8.74. The van der Waals surface area contributed by atoms with Crippen molar-refractivity contribution in [3.8, 4) is 12.1 Å². The van der Waals surface area contributed by atoms with Gasteiger partial charge >= 0.3 is 0 Å². The summed E-state index contributed by atoms with van der Waals surface area (Å²) in [5.74, 6) is 0. The molecule has 0 aliphatic carbocycles. The molecule has 0 bridgehead atoms. The third kappa shape index (κ3) is 6.42. The second-order valence-corrected chi connectivity index (χ2v) is 3.36. The Morgan fingerprint density at radius 3 is 2.21 bits per heavy atom. The number of nitrogens with zero attached hydrogens (tertiary/aromatic N) is 3. The van der Waals surface area contributed by atoms with Crippen LogP contribution in [0.4, 0.5) is 0 Å². The normalized spacial score (nSPS) is 12.1. The highest BCUT2D eigenvalue weighted by atomic mass is 15.1. The molecule has 0 rings (SSSR count). The lowest BCUT2D eigenvalue weighted by Gasteiger charge is -2.17. The second kappa shape index (κ2) is 8.50. The molecule has 4 heteroatoms. The third-order valence-electron chi connectivity index (χ3n) is 2.06. The molecule has 14 heavy (non-hydrogen) atoms. The molecule has 0 amide bonds. The molecule has 0 spiro atoms. The summed E-state index contributed by atoms with van der Waals surface area (Å²) in [5, 5.41) is 17.0. The molecule has 4 nitrogen and oxygen atoms in total. The van der Waals surface area contributed by atoms with Gasteiger partial charge in [-0.2, -0.15) is 10.5 Å². The highest BCUT2D eigenvalue weighted by Crippen LogP contribution is 2.00. The van der Waals surface area contributed by atoms with Gasteiger partial charge in [-0.1, -0.05) is 13.3 Å². The molecule has 0 saturated heterocycles. The van der Waals surface area contributed by atoms with E-state index in [2.05, 4.69) is 6.92 Å². The predicted octanol–water partition coefficient (Wildman–Crippen LogP) is 0.853. The number of nitriles is 2. The molecule has 78 valence electrons. The van der Waals surface area contributed by atoms with Crippen molar-refractivity contribution in [1.82, 2.24) is 4.90 Å². The molecule has 0 radical (unpaired) electrons. The van der Waals surface area contributed by atoms with E-state index in [0.29, 0.717) is 13.1 Å². The van der Waals surface area contributed by atoms with Crippen molar-refractivity contribution in [2.45, 2.75) is 32.2 Å². The molecule has 0 aromatic heterocycles. The summed E-state index contributed by atoms with van der Waals surface area (Å²) in [6.45, 7) is 3.46. The van der Waals surface area contributed by atoms with Gasteiger partial charge in [0.1, 0.15) is 0 Å². The minimum Gasteiger partial charge on any atom is -0.328 e. The van der Waals surface area contributed by atoms with Gasteiger partial charge in [-0.15, -0.1) is 0 Å². The molecule has 0 heterocycles. The summed E-state index contributed by atoms with van der Waals surface area (Å²) in [7, 11) is 0. The Morgan fingerprint density at radius 1 is 1.21 bits per heavy atom. The molecule has 0 aliphatic rings. The van der Waals surface area contributed by atoms with Crippen LogP contribution < -0.4 is 5.73 Å². The van der Waals surface area contributed by atoms with Crippen molar-refractivity contribution < 1.29 is 0 Å². The average molecular weight is 194 g/mol. The number of hydrogen-bond donors (Lipinski definition) is 1. The standard InChI is InChI=1S/C10H18N4/c1-2-3-10(13)4-7-14(8-5-11)9-6-12/h10H,2-4,7-9,13H2,1H3. The highest BCUT2D eigenvalue weighted by Gasteiger charge is 2.06. The van der Waals surface area contributed by atoms with Crippen molar-refractivity contribution in [3.05, 3.63) is 0 Å². The van der Waals surface area contributed by atoms with Crippen LogP contribution in [0.5, 0.6) is 0 Å². The summed E-state index contributed by atoms with van der Waals surface area (Å²) in [5.41, 5.74) is 5.83. The van der Waals surface area contributed by atoms with Crippen LogP contribution in [0.2, 0.25) is 0 Å². The van der Waals surface area contributed by atoms with Crippen LogP contribution in [0.25, 0.3) is 0 Å². The van der Waals surface area contributed by atoms with E-state index in [0.717, 1.165) is 25.8 Å². The summed E-state index contributed by atoms with van der Waals surface area (Å²) in [6, 6.07) is 4.28. The van der Waals surface area contributed by atoms with Crippen molar-refractivity contribution in [1.29, 1.82) is 10.5 Å². The smallest absolute Gasteiger partial charge is 0.0874 e. The summed E-state index contributed by atoms with van der Waals surface area (Å²) < 4.78 is 0. The first-order valence-corrected chi connectivity index (χ1v) is 4.96. The molecular weight excluding hydrogens is 176 g/mol. The van der Waals surface area contributed by atoms with Crippen LogP contribution >= 0.6 is 0 Å². The fraction of sp³-hybridized carbons (Fsp3) is 0.800. The van der Waals surface area contributed by atoms with Crippen LogP contribution in [0, 0.1) is 22.7 Å². The Kier molecular flexibility index (Phi) is 7.83. The fourth-order valence-electron chi connectivity index (χ4n) is 1.28. The monoisotopic (exact) mass is 194 g/mol. The van der Waals surface area contributed by atoms with Crippen LogP contribution in [0.1, 0.15) is 26.2 Å². The molecule has 0 aromatic rings. The van der Waals surface area contributed by atoms with Gasteiger partial charge in [0.2, 0.25) is 0 Å². The van der Waals surface area contributed by atoms with E-state index in [9.17, 15) is 0 Å². The van der Waals surface area contributed by atoms with E-state index < -0.39 is 0 Å². The maximum atomic E-state index is 8.50. The summed E-state index contributed by atoms with van der Waals surface area (Å²) in [6.07, 6.45) is 2.95. The SMILES string of the molecule is CCCC(N)CCN(CC#N)CC#N. The van der Waals surface area contributed by atoms with Crippen molar-refractivity contribution in [3.63, 3.8) is 0 Å². The minimum atomic E-state index is 0.194. The number of nitrogens with two attached hydrogens (primary N) is 1. The molecule has 0 saturated carbocycles. The highest BCUT2D eigenvalue weighted by molar-refractivity contribution is 4.84. The lowest BCUT2D eigenvalue weighted by Crippen LogP contribution is -2.31. The maximum absolute atomic E-state index is 8.50. The Hall–Kier alpha value is -1.10. The molecule has 0 aliphatic heterocycles. The maximum Gasteiger partial charge on any atom is 0.0874 e. The molecule has 1 atom stereocenters. The van der Waals surface area contributed by atoms with Gasteiger partial charge in [0.25, 0.3) is 0 Å². The first-order chi connectivity index (χ1) is 6.74. The minimum absolute atomic E-state index is 0.194. The van der Waals surface area contributed by atoms with Crippen molar-refractivity contribution in [2.24, 2.45) is 5.73 Å². The first kappa shape index (κ1) is 12.9. The zero-order chi connectivity index (χ0) is 10.8. The van der Waals surface area contributed by atoms with E-state index in [1.807, 2.05) is 17.0 Å². The average Bonchev–Trinajstić information content (AvgIpc) is 2.15. The van der Waals surface area contributed by atoms with Gasteiger partial charge in [0.15, 0.2) is 0 Å². The van der Waals surface area contributed by atoms with Crippen LogP contribution in [0.3, 0.4) is 0 Å². The van der Waals surface area contributed by atoms with E-state index in [4.69, 9.17) is 16.3 Å². The molecule has 0 aromatic carbocycles. The Labute approximate surface area is 85.9 Å². The second-order valence-electron chi connectivity index (χ2n) is 3.36. The van der Waals surface area contributed by atoms with Gasteiger partial charge in [0.05, 0.1) is 25.2 Å². The molecule has 0 fully saturated rings. The lowest BCUT2D eigenvalue weighted by atomic mass is 10.1. The van der Waals surface area contributed by atoms with E-state index >= 15 is 0 Å². The lowest BCUT2D eigenvalue weighted by molar-refractivity contribution is 0.321. The van der Waals surface area contributed by atoms with E-state index in [-0.39, 0.29) is 6.04 Å². The fourth-order valence-corrected chi connectivity index (χ4v) is 1.28. The molecule has 1 unspecified atom stereocenters. The number of hydrogen-bond acceptors (Lipinski definition) is 4. The largest absolute Gasteiger partial charge is 0.328 e. The van der Waals surface area contributed by atoms with Gasteiger partial charge < -0.3 is 5.73 Å². The summed E-state index contributed by atoms with van der Waals surface area (Å²) in [4.78, 5) is 1.82. The van der Waals surface area contributed by atoms with Gasteiger partial charge in [-0.05, 0) is 12.8 Å².